The molecule has 32 heavy (non-hydrogen) atoms. The molecule has 10 heteroatoms. The van der Waals surface area contributed by atoms with Crippen LogP contribution >= 0.6 is 11.3 Å². The predicted octanol–water partition coefficient (Wildman–Crippen LogP) is 3.68. The topological polar surface area (TPSA) is 70.8 Å². The summed E-state index contributed by atoms with van der Waals surface area (Å²) in [7, 11) is 0. The molecule has 0 unspecified atom stereocenters. The van der Waals surface area contributed by atoms with Crippen LogP contribution < -0.4 is 10.3 Å². The van der Waals surface area contributed by atoms with Gasteiger partial charge in [0, 0.05) is 37.9 Å². The number of pyridine rings is 1. The highest BCUT2D eigenvalue weighted by atomic mass is 32.1. The number of fused-ring (bicyclic) bond motifs is 1. The van der Waals surface area contributed by atoms with Crippen LogP contribution in [0.15, 0.2) is 48.8 Å². The van der Waals surface area contributed by atoms with E-state index in [0.29, 0.717) is 6.54 Å². The van der Waals surface area contributed by atoms with Crippen molar-refractivity contribution in [3.8, 4) is 11.3 Å². The fourth-order valence-electron chi connectivity index (χ4n) is 3.68. The Bertz CT molecular complexity index is 1140. The van der Waals surface area contributed by atoms with Crippen LogP contribution in [0.2, 0.25) is 0 Å². The first-order chi connectivity index (χ1) is 15.7. The van der Waals surface area contributed by atoms with Crippen molar-refractivity contribution < 1.29 is 9.13 Å². The minimum absolute atomic E-state index is 0.236. The van der Waals surface area contributed by atoms with Gasteiger partial charge in [-0.1, -0.05) is 23.5 Å². The summed E-state index contributed by atoms with van der Waals surface area (Å²) >= 11 is 1.47. The van der Waals surface area contributed by atoms with Gasteiger partial charge in [-0.05, 0) is 36.8 Å². The first kappa shape index (κ1) is 20.8. The summed E-state index contributed by atoms with van der Waals surface area (Å²) in [6, 6.07) is 10.5. The van der Waals surface area contributed by atoms with E-state index in [4.69, 9.17) is 9.72 Å². The maximum absolute atomic E-state index is 13.0. The van der Waals surface area contributed by atoms with Crippen molar-refractivity contribution in [1.82, 2.24) is 24.6 Å². The van der Waals surface area contributed by atoms with Crippen molar-refractivity contribution in [1.29, 1.82) is 0 Å². The smallest absolute Gasteiger partial charge is 0.214 e. The molecular weight excluding hydrogens is 429 g/mol. The molecule has 0 saturated carbocycles. The number of nitrogens with one attached hydrogen (secondary N) is 1. The number of halogens is 1. The van der Waals surface area contributed by atoms with Crippen LogP contribution in [0, 0.1) is 5.82 Å². The molecule has 0 radical (unpaired) electrons. The lowest BCUT2D eigenvalue weighted by Gasteiger charge is -2.37. The molecular formula is C22H24FN7OS. The molecule has 0 bridgehead atoms. The lowest BCUT2D eigenvalue weighted by molar-refractivity contribution is 0.0318. The SMILES string of the molecule is CCN(c1ccc(-c2cn3nc(NCc4ccc(F)cc4)sc3n2)cn1)N1CCOCC1. The number of nitrogens with zero attached hydrogens (tertiary/aromatic N) is 6. The average Bonchev–Trinajstić information content (AvgIpc) is 3.40. The number of hydrogen-bond donors (Lipinski definition) is 1. The molecule has 4 heterocycles. The summed E-state index contributed by atoms with van der Waals surface area (Å²) < 4.78 is 20.3. The number of hydrogen-bond acceptors (Lipinski definition) is 8. The molecule has 1 N–H and O–H groups in total. The Labute approximate surface area is 189 Å². The van der Waals surface area contributed by atoms with Crippen LogP contribution in [0.3, 0.4) is 0 Å². The number of ether oxygens (including phenoxy) is 1. The Morgan fingerprint density at radius 1 is 1.16 bits per heavy atom. The molecule has 0 spiro atoms. The zero-order chi connectivity index (χ0) is 21.9. The van der Waals surface area contributed by atoms with E-state index in [0.717, 1.165) is 65.6 Å². The normalized spacial score (nSPS) is 14.7. The largest absolute Gasteiger partial charge is 0.379 e. The number of hydrazine groups is 1. The van der Waals surface area contributed by atoms with Crippen molar-refractivity contribution in [3.63, 3.8) is 0 Å². The standard InChI is InChI=1S/C22H24FN7OS/c1-2-30(28-9-11-31-12-10-28)20-8-5-17(14-24-20)19-15-29-22(26-19)32-21(27-29)25-13-16-3-6-18(23)7-4-16/h3-8,14-15H,2,9-13H2,1H3,(H,25,27). The summed E-state index contributed by atoms with van der Waals surface area (Å²) in [6.45, 7) is 6.79. The van der Waals surface area contributed by atoms with Gasteiger partial charge < -0.3 is 10.1 Å². The zero-order valence-corrected chi connectivity index (χ0v) is 18.6. The fraction of sp³-hybridized carbons (Fsp3) is 0.318. The molecule has 1 fully saturated rings. The maximum Gasteiger partial charge on any atom is 0.214 e. The summed E-state index contributed by atoms with van der Waals surface area (Å²) in [6.07, 6.45) is 3.77. The first-order valence-electron chi connectivity index (χ1n) is 10.6. The summed E-state index contributed by atoms with van der Waals surface area (Å²) in [5.74, 6) is 0.685. The van der Waals surface area contributed by atoms with E-state index in [2.05, 4.69) is 32.3 Å². The Morgan fingerprint density at radius 3 is 2.66 bits per heavy atom. The van der Waals surface area contributed by atoms with E-state index in [1.165, 1.54) is 23.5 Å². The molecule has 5 rings (SSSR count). The van der Waals surface area contributed by atoms with Gasteiger partial charge in [0.1, 0.15) is 11.6 Å². The molecule has 8 nitrogen and oxygen atoms in total. The van der Waals surface area contributed by atoms with Crippen LogP contribution in [0.4, 0.5) is 15.3 Å². The van der Waals surface area contributed by atoms with Crippen LogP contribution in [-0.2, 0) is 11.3 Å². The Morgan fingerprint density at radius 2 is 1.97 bits per heavy atom. The third-order valence-corrected chi connectivity index (χ3v) is 6.22. The van der Waals surface area contributed by atoms with Gasteiger partial charge in [-0.3, -0.25) is 5.01 Å². The minimum atomic E-state index is -0.236. The van der Waals surface area contributed by atoms with E-state index in [1.54, 1.807) is 16.6 Å². The molecule has 3 aromatic heterocycles. The van der Waals surface area contributed by atoms with Gasteiger partial charge in [0.25, 0.3) is 0 Å². The molecule has 1 saturated heterocycles. The maximum atomic E-state index is 13.0. The predicted molar refractivity (Wildman–Crippen MR) is 123 cm³/mol. The molecule has 166 valence electrons. The highest BCUT2D eigenvalue weighted by Crippen LogP contribution is 2.26. The molecule has 1 aliphatic rings. The summed E-state index contributed by atoms with van der Waals surface area (Å²) in [5.41, 5.74) is 2.77. The highest BCUT2D eigenvalue weighted by Gasteiger charge is 2.19. The van der Waals surface area contributed by atoms with Crippen molar-refractivity contribution >= 4 is 27.2 Å². The number of aromatic nitrogens is 4. The van der Waals surface area contributed by atoms with Gasteiger partial charge in [-0.15, -0.1) is 5.10 Å². The number of anilines is 2. The van der Waals surface area contributed by atoms with Gasteiger partial charge in [0.2, 0.25) is 10.1 Å². The van der Waals surface area contributed by atoms with E-state index in [-0.39, 0.29) is 5.82 Å². The number of morpholine rings is 1. The third-order valence-electron chi connectivity index (χ3n) is 5.34. The van der Waals surface area contributed by atoms with Gasteiger partial charge in [-0.25, -0.2) is 23.9 Å². The molecule has 0 amide bonds. The Balaban J connectivity index is 1.27. The Hall–Kier alpha value is -3.08. The van der Waals surface area contributed by atoms with Crippen LogP contribution in [0.5, 0.6) is 0 Å². The average molecular weight is 454 g/mol. The second kappa shape index (κ2) is 9.19. The fourth-order valence-corrected chi connectivity index (χ4v) is 4.46. The van der Waals surface area contributed by atoms with Crippen molar-refractivity contribution in [2.24, 2.45) is 0 Å². The number of rotatable bonds is 7. The van der Waals surface area contributed by atoms with Gasteiger partial charge in [0.15, 0.2) is 0 Å². The highest BCUT2D eigenvalue weighted by molar-refractivity contribution is 7.20. The van der Waals surface area contributed by atoms with Crippen molar-refractivity contribution in [2.75, 3.05) is 43.2 Å². The quantitative estimate of drug-likeness (QED) is 0.458. The van der Waals surface area contributed by atoms with Crippen LogP contribution in [-0.4, -0.2) is 57.4 Å². The molecule has 1 aliphatic heterocycles. The van der Waals surface area contributed by atoms with Crippen LogP contribution in [0.25, 0.3) is 16.2 Å². The number of imidazole rings is 1. The van der Waals surface area contributed by atoms with Gasteiger partial charge >= 0.3 is 0 Å². The first-order valence-corrected chi connectivity index (χ1v) is 11.4. The van der Waals surface area contributed by atoms with E-state index in [9.17, 15) is 4.39 Å². The summed E-state index contributed by atoms with van der Waals surface area (Å²) in [5, 5.41) is 13.1. The lowest BCUT2D eigenvalue weighted by Crippen LogP contribution is -2.49. The van der Waals surface area contributed by atoms with E-state index < -0.39 is 0 Å². The van der Waals surface area contributed by atoms with Crippen LogP contribution in [0.1, 0.15) is 12.5 Å². The second-order valence-electron chi connectivity index (χ2n) is 7.43. The lowest BCUT2D eigenvalue weighted by atomic mass is 10.2. The Kier molecular flexibility index (Phi) is 5.97. The minimum Gasteiger partial charge on any atom is -0.379 e. The zero-order valence-electron chi connectivity index (χ0n) is 17.7. The molecule has 1 aromatic carbocycles. The third kappa shape index (κ3) is 4.43. The molecule has 4 aromatic rings. The van der Waals surface area contributed by atoms with Gasteiger partial charge in [-0.2, -0.15) is 0 Å². The summed E-state index contributed by atoms with van der Waals surface area (Å²) in [4.78, 5) is 10.2. The second-order valence-corrected chi connectivity index (χ2v) is 8.38. The van der Waals surface area contributed by atoms with E-state index >= 15 is 0 Å². The van der Waals surface area contributed by atoms with E-state index in [1.807, 2.05) is 24.5 Å². The monoisotopic (exact) mass is 453 g/mol. The molecule has 0 atom stereocenters. The molecule has 0 aliphatic carbocycles. The van der Waals surface area contributed by atoms with Crippen molar-refractivity contribution in [3.05, 3.63) is 60.2 Å². The van der Waals surface area contributed by atoms with Crippen molar-refractivity contribution in [2.45, 2.75) is 13.5 Å². The van der Waals surface area contributed by atoms with Gasteiger partial charge in [0.05, 0.1) is 25.1 Å². The number of benzene rings is 1.